The Bertz CT molecular complexity index is 1140. The van der Waals surface area contributed by atoms with Crippen molar-refractivity contribution in [2.75, 3.05) is 5.32 Å². The van der Waals surface area contributed by atoms with Gasteiger partial charge in [0, 0.05) is 11.1 Å². The fourth-order valence-electron chi connectivity index (χ4n) is 2.59. The van der Waals surface area contributed by atoms with E-state index < -0.39 is 22.0 Å². The van der Waals surface area contributed by atoms with Crippen LogP contribution in [0.2, 0.25) is 0 Å². The summed E-state index contributed by atoms with van der Waals surface area (Å²) in [4.78, 5) is 23.5. The number of benzene rings is 3. The molecule has 0 bridgehead atoms. The number of hydrogen-bond donors (Lipinski definition) is 3. The number of aromatic carboxylic acids is 1. The molecule has 0 saturated heterocycles. The first-order chi connectivity index (χ1) is 12.3. The maximum atomic E-state index is 12.5. The van der Waals surface area contributed by atoms with Gasteiger partial charge < -0.3 is 10.4 Å². The molecule has 0 unspecified atom stereocenters. The molecule has 0 aliphatic carbocycles. The third-order valence-electron chi connectivity index (χ3n) is 3.80. The van der Waals surface area contributed by atoms with Gasteiger partial charge >= 0.3 is 35.5 Å². The van der Waals surface area contributed by atoms with Crippen molar-refractivity contribution in [1.82, 2.24) is 0 Å². The summed E-state index contributed by atoms with van der Waals surface area (Å²) in [6.45, 7) is 0. The molecule has 3 aromatic rings. The number of nitrogens with one attached hydrogen (secondary N) is 1. The fourth-order valence-corrected chi connectivity index (χ4v) is 3.10. The van der Waals surface area contributed by atoms with Crippen LogP contribution in [0.15, 0.2) is 65.6 Å². The van der Waals surface area contributed by atoms with Gasteiger partial charge in [-0.2, -0.15) is 8.42 Å². The first kappa shape index (κ1) is 21.1. The number of carboxylic acids is 1. The molecule has 0 aromatic heterocycles. The summed E-state index contributed by atoms with van der Waals surface area (Å²) in [6.07, 6.45) is 0. The van der Waals surface area contributed by atoms with Gasteiger partial charge in [0.05, 0.1) is 16.0 Å². The van der Waals surface area contributed by atoms with Gasteiger partial charge in [-0.3, -0.25) is 9.35 Å². The van der Waals surface area contributed by atoms with Crippen molar-refractivity contribution < 1.29 is 27.7 Å². The summed E-state index contributed by atoms with van der Waals surface area (Å²) < 4.78 is 31.7. The van der Waals surface area contributed by atoms with E-state index in [1.54, 1.807) is 24.3 Å². The van der Waals surface area contributed by atoms with Crippen LogP contribution in [0.25, 0.3) is 10.8 Å². The molecule has 7 nitrogen and oxygen atoms in total. The Morgan fingerprint density at radius 2 is 1.56 bits per heavy atom. The van der Waals surface area contributed by atoms with Gasteiger partial charge in [-0.05, 0) is 35.7 Å². The number of carbonyl (C=O) groups excluding carboxylic acids is 1. The second-order valence-corrected chi connectivity index (χ2v) is 6.89. The monoisotopic (exact) mass is 395 g/mol. The van der Waals surface area contributed by atoms with Crippen molar-refractivity contribution >= 4 is 68.0 Å². The summed E-state index contributed by atoms with van der Waals surface area (Å²) in [5, 5.41) is 12.9. The molecule has 0 atom stereocenters. The SMILES string of the molecule is O=C(O)c1ccccc1C(=O)Nc1cccc2cc(S(=O)(=O)O)ccc12.[NaH]. The van der Waals surface area contributed by atoms with Gasteiger partial charge in [0.25, 0.3) is 16.0 Å². The van der Waals surface area contributed by atoms with E-state index in [2.05, 4.69) is 5.32 Å². The predicted molar refractivity (Wildman–Crippen MR) is 102 cm³/mol. The number of anilines is 1. The van der Waals surface area contributed by atoms with E-state index in [1.165, 1.54) is 36.4 Å². The Kier molecular flexibility index (Phi) is 6.40. The predicted octanol–water partition coefficient (Wildman–Crippen LogP) is 2.39. The average Bonchev–Trinajstić information content (AvgIpc) is 2.60. The number of rotatable bonds is 4. The quantitative estimate of drug-likeness (QED) is 0.461. The molecule has 0 fully saturated rings. The van der Waals surface area contributed by atoms with Crippen LogP contribution >= 0.6 is 0 Å². The van der Waals surface area contributed by atoms with E-state index in [1.807, 2.05) is 0 Å². The molecule has 3 aromatic carbocycles. The Balaban J connectivity index is 0.00000261. The summed E-state index contributed by atoms with van der Waals surface area (Å²) in [7, 11) is -4.34. The van der Waals surface area contributed by atoms with E-state index in [4.69, 9.17) is 4.55 Å². The molecular formula is C18H14NNaO6S. The number of hydrogen-bond acceptors (Lipinski definition) is 4. The number of carboxylic acid groups (broad SMARTS) is 1. The molecule has 27 heavy (non-hydrogen) atoms. The molecule has 134 valence electrons. The van der Waals surface area contributed by atoms with Gasteiger partial charge in [0.15, 0.2) is 0 Å². The van der Waals surface area contributed by atoms with Crippen LogP contribution in [0.3, 0.4) is 0 Å². The summed E-state index contributed by atoms with van der Waals surface area (Å²) in [5.41, 5.74) is 0.264. The zero-order chi connectivity index (χ0) is 18.9. The third-order valence-corrected chi connectivity index (χ3v) is 4.65. The minimum atomic E-state index is -4.34. The van der Waals surface area contributed by atoms with Crippen LogP contribution in [0.1, 0.15) is 20.7 Å². The molecule has 9 heteroatoms. The summed E-state index contributed by atoms with van der Waals surface area (Å²) >= 11 is 0. The zero-order valence-corrected chi connectivity index (χ0v) is 14.0. The van der Waals surface area contributed by atoms with E-state index in [0.29, 0.717) is 16.5 Å². The Morgan fingerprint density at radius 3 is 2.19 bits per heavy atom. The Hall–Kier alpha value is -2.23. The topological polar surface area (TPSA) is 121 Å². The zero-order valence-electron chi connectivity index (χ0n) is 13.2. The van der Waals surface area contributed by atoms with E-state index in [9.17, 15) is 23.1 Å². The molecule has 0 radical (unpaired) electrons. The van der Waals surface area contributed by atoms with Crippen molar-refractivity contribution in [2.45, 2.75) is 4.90 Å². The minimum absolute atomic E-state index is 0. The number of carbonyl (C=O) groups is 2. The van der Waals surface area contributed by atoms with Crippen LogP contribution in [0, 0.1) is 0 Å². The molecule has 3 N–H and O–H groups in total. The molecule has 0 saturated carbocycles. The van der Waals surface area contributed by atoms with Crippen molar-refractivity contribution in [3.05, 3.63) is 71.8 Å². The fraction of sp³-hybridized carbons (Fsp3) is 0. The van der Waals surface area contributed by atoms with Gasteiger partial charge in [-0.25, -0.2) is 4.79 Å². The van der Waals surface area contributed by atoms with Gasteiger partial charge in [0.1, 0.15) is 0 Å². The Labute approximate surface area is 177 Å². The molecule has 0 spiro atoms. The van der Waals surface area contributed by atoms with Gasteiger partial charge in [0.2, 0.25) is 0 Å². The molecule has 0 heterocycles. The Morgan fingerprint density at radius 1 is 0.889 bits per heavy atom. The van der Waals surface area contributed by atoms with Crippen molar-refractivity contribution in [3.63, 3.8) is 0 Å². The molecular weight excluding hydrogens is 381 g/mol. The van der Waals surface area contributed by atoms with Crippen molar-refractivity contribution in [2.24, 2.45) is 0 Å². The maximum absolute atomic E-state index is 12.5. The molecule has 0 aliphatic rings. The summed E-state index contributed by atoms with van der Waals surface area (Å²) in [5.74, 6) is -1.82. The third kappa shape index (κ3) is 4.55. The number of amides is 1. The first-order valence-corrected chi connectivity index (χ1v) is 8.85. The number of fused-ring (bicyclic) bond motifs is 1. The van der Waals surface area contributed by atoms with Crippen LogP contribution in [0.5, 0.6) is 0 Å². The van der Waals surface area contributed by atoms with Gasteiger partial charge in [-0.15, -0.1) is 0 Å². The van der Waals surface area contributed by atoms with Crippen molar-refractivity contribution in [1.29, 1.82) is 0 Å². The van der Waals surface area contributed by atoms with E-state index >= 15 is 0 Å². The molecule has 3 rings (SSSR count). The van der Waals surface area contributed by atoms with Crippen LogP contribution in [-0.2, 0) is 10.1 Å². The first-order valence-electron chi connectivity index (χ1n) is 7.41. The van der Waals surface area contributed by atoms with Crippen LogP contribution in [-0.4, -0.2) is 59.5 Å². The van der Waals surface area contributed by atoms with Crippen LogP contribution in [0.4, 0.5) is 5.69 Å². The summed E-state index contributed by atoms with van der Waals surface area (Å²) in [6, 6.07) is 14.6. The second-order valence-electron chi connectivity index (χ2n) is 5.47. The average molecular weight is 395 g/mol. The van der Waals surface area contributed by atoms with Crippen LogP contribution < -0.4 is 5.32 Å². The second kappa shape index (κ2) is 8.20. The molecule has 1 amide bonds. The standard InChI is InChI=1S/C18H13NO6S.Na.H/c20-17(14-5-1-2-6-15(14)18(21)22)19-16-7-3-4-11-10-12(26(23,24)25)8-9-13(11)16;;/h1-10H,(H,19,20)(H,21,22)(H,23,24,25);;. The van der Waals surface area contributed by atoms with E-state index in [-0.39, 0.29) is 45.6 Å². The molecule has 0 aliphatic heterocycles. The van der Waals surface area contributed by atoms with Gasteiger partial charge in [-0.1, -0.05) is 30.3 Å². The van der Waals surface area contributed by atoms with E-state index in [0.717, 1.165) is 0 Å². The normalized spacial score (nSPS) is 10.9. The van der Waals surface area contributed by atoms with Crippen molar-refractivity contribution in [3.8, 4) is 0 Å².